The Balaban J connectivity index is 1.17. The van der Waals surface area contributed by atoms with Crippen LogP contribution in [0.15, 0.2) is 182 Å². The zero-order valence-corrected chi connectivity index (χ0v) is 31.2. The molecule has 0 N–H and O–H groups in total. The molecule has 6 nitrogen and oxygen atoms in total. The molecular formula is C50H30N6S. The van der Waals surface area contributed by atoms with E-state index in [1.807, 2.05) is 0 Å². The summed E-state index contributed by atoms with van der Waals surface area (Å²) in [5.74, 6) is 0. The van der Waals surface area contributed by atoms with Crippen LogP contribution in [0.5, 0.6) is 0 Å². The zero-order chi connectivity index (χ0) is 37.2. The molecule has 7 heteroatoms. The van der Waals surface area contributed by atoms with Crippen LogP contribution in [0.2, 0.25) is 0 Å². The molecule has 266 valence electrons. The number of benzene rings is 8. The Morgan fingerprint density at radius 3 is 1.19 bits per heavy atom. The Hall–Kier alpha value is -7.48. The number of hydrogen-bond donors (Lipinski definition) is 0. The second-order valence-corrected chi connectivity index (χ2v) is 15.7. The van der Waals surface area contributed by atoms with Gasteiger partial charge in [0.15, 0.2) is 9.92 Å². The van der Waals surface area contributed by atoms with Crippen molar-refractivity contribution in [1.82, 2.24) is 27.9 Å². The van der Waals surface area contributed by atoms with Gasteiger partial charge in [-0.25, -0.2) is 9.97 Å². The lowest BCUT2D eigenvalue weighted by molar-refractivity contribution is 1.13. The van der Waals surface area contributed by atoms with Gasteiger partial charge in [0.1, 0.15) is 0 Å². The van der Waals surface area contributed by atoms with Gasteiger partial charge in [0.2, 0.25) is 0 Å². The first-order valence-corrected chi connectivity index (χ1v) is 20.0. The molecule has 0 bridgehead atoms. The number of imidazole rings is 2. The molecule has 0 spiro atoms. The minimum Gasteiger partial charge on any atom is -0.309 e. The molecule has 0 amide bonds. The van der Waals surface area contributed by atoms with E-state index < -0.39 is 0 Å². The molecule has 57 heavy (non-hydrogen) atoms. The molecule has 8 aromatic carbocycles. The van der Waals surface area contributed by atoms with Gasteiger partial charge in [-0.05, 0) is 90.0 Å². The minimum absolute atomic E-state index is 0.897. The third kappa shape index (κ3) is 4.34. The summed E-state index contributed by atoms with van der Waals surface area (Å²) in [7, 11) is 0. The van der Waals surface area contributed by atoms with E-state index in [9.17, 15) is 0 Å². The maximum Gasteiger partial charge on any atom is 0.198 e. The standard InChI is InChI=1S/C50H30N6S/c1-7-19-41-35(13-1)36-14-2-8-20-42(36)53(41)33-27-32(28-34(30-33)54-43-21-9-3-15-37(43)38-16-4-10-22-44(38)54)31-25-26-47-48(29-31)56-46-24-12-6-18-40(46)52-50(56)57-49-51-39-17-5-11-23-45(39)55(47)49/h1-30H. The summed E-state index contributed by atoms with van der Waals surface area (Å²) >= 11 is 1.62. The van der Waals surface area contributed by atoms with Gasteiger partial charge in [-0.2, -0.15) is 0 Å². The zero-order valence-electron chi connectivity index (χ0n) is 30.4. The van der Waals surface area contributed by atoms with Crippen molar-refractivity contribution in [2.75, 3.05) is 0 Å². The average molecular weight is 747 g/mol. The lowest BCUT2D eigenvalue weighted by atomic mass is 10.0. The first kappa shape index (κ1) is 30.8. The quantitative estimate of drug-likeness (QED) is 0.181. The van der Waals surface area contributed by atoms with Gasteiger partial charge in [-0.1, -0.05) is 114 Å². The van der Waals surface area contributed by atoms with Crippen LogP contribution in [0.3, 0.4) is 0 Å². The van der Waals surface area contributed by atoms with E-state index >= 15 is 0 Å². The first-order valence-electron chi connectivity index (χ1n) is 19.2. The molecule has 0 fully saturated rings. The third-order valence-corrected chi connectivity index (χ3v) is 12.5. The number of rotatable bonds is 3. The van der Waals surface area contributed by atoms with Crippen LogP contribution in [0.4, 0.5) is 0 Å². The molecule has 0 atom stereocenters. The average Bonchev–Trinajstić information content (AvgIpc) is 3.99. The predicted octanol–water partition coefficient (Wildman–Crippen LogP) is 12.9. The Kier molecular flexibility index (Phi) is 6.23. The molecule has 13 rings (SSSR count). The van der Waals surface area contributed by atoms with Gasteiger partial charge >= 0.3 is 0 Å². The summed E-state index contributed by atoms with van der Waals surface area (Å²) in [5, 5.41) is 4.95. The summed E-state index contributed by atoms with van der Waals surface area (Å²) in [5.41, 5.74) is 15.3. The molecule has 0 aliphatic rings. The van der Waals surface area contributed by atoms with E-state index in [0.29, 0.717) is 0 Å². The second-order valence-electron chi connectivity index (χ2n) is 14.7. The minimum atomic E-state index is 0.897. The maximum atomic E-state index is 5.16. The highest BCUT2D eigenvalue weighted by Gasteiger charge is 2.19. The van der Waals surface area contributed by atoms with Crippen LogP contribution in [0.25, 0.3) is 109 Å². The fraction of sp³-hybridized carbons (Fsp3) is 0. The van der Waals surface area contributed by atoms with Gasteiger partial charge < -0.3 is 9.13 Å². The number of aromatic nitrogens is 6. The Bertz CT molecular complexity index is 3600. The normalized spacial score (nSPS) is 12.2. The topological polar surface area (TPSA) is 44.5 Å². The van der Waals surface area contributed by atoms with Crippen molar-refractivity contribution < 1.29 is 0 Å². The molecule has 5 heterocycles. The smallest absolute Gasteiger partial charge is 0.198 e. The van der Waals surface area contributed by atoms with Crippen molar-refractivity contribution >= 4 is 98.0 Å². The van der Waals surface area contributed by atoms with E-state index in [2.05, 4.69) is 200 Å². The molecule has 5 aromatic heterocycles. The summed E-state index contributed by atoms with van der Waals surface area (Å²) < 4.78 is 9.46. The highest BCUT2D eigenvalue weighted by molar-refractivity contribution is 7.21. The fourth-order valence-corrected chi connectivity index (χ4v) is 10.2. The Labute approximate surface area is 329 Å². The van der Waals surface area contributed by atoms with Crippen LogP contribution >= 0.6 is 11.3 Å². The largest absolute Gasteiger partial charge is 0.309 e. The molecule has 0 aliphatic heterocycles. The molecule has 0 saturated heterocycles. The van der Waals surface area contributed by atoms with E-state index in [-0.39, 0.29) is 0 Å². The Morgan fingerprint density at radius 1 is 0.316 bits per heavy atom. The summed E-state index contributed by atoms with van der Waals surface area (Å²) in [4.78, 5) is 12.1. The second kappa shape index (κ2) is 11.5. The Morgan fingerprint density at radius 2 is 0.719 bits per heavy atom. The van der Waals surface area contributed by atoms with Crippen molar-refractivity contribution in [2.45, 2.75) is 0 Å². The predicted molar refractivity (Wildman–Crippen MR) is 237 cm³/mol. The van der Waals surface area contributed by atoms with E-state index in [4.69, 9.17) is 9.97 Å². The van der Waals surface area contributed by atoms with Crippen molar-refractivity contribution in [1.29, 1.82) is 0 Å². The highest BCUT2D eigenvalue weighted by Crippen LogP contribution is 2.39. The van der Waals surface area contributed by atoms with Crippen LogP contribution in [0.1, 0.15) is 0 Å². The number of fused-ring (bicyclic) bond motifs is 15. The maximum absolute atomic E-state index is 5.16. The van der Waals surface area contributed by atoms with Gasteiger partial charge in [0, 0.05) is 32.9 Å². The lowest BCUT2D eigenvalue weighted by Crippen LogP contribution is -2.00. The number of hydrogen-bond acceptors (Lipinski definition) is 3. The van der Waals surface area contributed by atoms with Gasteiger partial charge in [0.25, 0.3) is 0 Å². The number of para-hydroxylation sites is 8. The molecule has 0 radical (unpaired) electrons. The van der Waals surface area contributed by atoms with Crippen LogP contribution in [-0.4, -0.2) is 27.9 Å². The van der Waals surface area contributed by atoms with Crippen molar-refractivity contribution in [2.24, 2.45) is 0 Å². The summed E-state index contributed by atoms with van der Waals surface area (Å²) in [6.45, 7) is 0. The van der Waals surface area contributed by atoms with Crippen molar-refractivity contribution in [3.05, 3.63) is 182 Å². The van der Waals surface area contributed by atoms with Gasteiger partial charge in [-0.3, -0.25) is 8.80 Å². The number of nitrogens with zero attached hydrogens (tertiary/aromatic N) is 6. The van der Waals surface area contributed by atoms with Crippen LogP contribution < -0.4 is 0 Å². The van der Waals surface area contributed by atoms with Crippen molar-refractivity contribution in [3.8, 4) is 22.5 Å². The van der Waals surface area contributed by atoms with Gasteiger partial charge in [-0.15, -0.1) is 0 Å². The lowest BCUT2D eigenvalue weighted by Gasteiger charge is -2.16. The third-order valence-electron chi connectivity index (χ3n) is 11.6. The fourth-order valence-electron chi connectivity index (χ4n) is 9.18. The molecule has 0 saturated carbocycles. The summed E-state index contributed by atoms with van der Waals surface area (Å²) in [6.07, 6.45) is 0. The van der Waals surface area contributed by atoms with E-state index in [1.165, 1.54) is 43.6 Å². The first-order chi connectivity index (χ1) is 28.3. The monoisotopic (exact) mass is 746 g/mol. The molecule has 0 aliphatic carbocycles. The van der Waals surface area contributed by atoms with Gasteiger partial charge in [0.05, 0.1) is 55.2 Å². The van der Waals surface area contributed by atoms with Crippen LogP contribution in [0, 0.1) is 0 Å². The molecule has 13 aromatic rings. The van der Waals surface area contributed by atoms with Crippen molar-refractivity contribution in [3.63, 3.8) is 0 Å². The van der Waals surface area contributed by atoms with E-state index in [0.717, 1.165) is 65.5 Å². The highest BCUT2D eigenvalue weighted by atomic mass is 32.1. The van der Waals surface area contributed by atoms with Crippen LogP contribution in [-0.2, 0) is 0 Å². The summed E-state index contributed by atoms with van der Waals surface area (Å²) in [6, 6.07) is 65.7. The molecular weight excluding hydrogens is 717 g/mol. The molecule has 0 unspecified atom stereocenters. The van der Waals surface area contributed by atoms with E-state index in [1.54, 1.807) is 11.3 Å². The SMILES string of the molecule is c1ccc2c(c1)nc1sc3nc4ccccc4n3c3cc(-c4cc(-n5c6ccccc6c6ccccc65)cc(-n5c6ccccc6c6ccccc65)c4)ccc3n12.